The van der Waals surface area contributed by atoms with Gasteiger partial charge < -0.3 is 14.8 Å². The molecule has 0 bridgehead atoms. The Morgan fingerprint density at radius 3 is 2.43 bits per heavy atom. The van der Waals surface area contributed by atoms with E-state index in [0.717, 1.165) is 22.2 Å². The molecule has 2 heterocycles. The Morgan fingerprint density at radius 1 is 1.02 bits per heavy atom. The van der Waals surface area contributed by atoms with Gasteiger partial charge in [0.1, 0.15) is 29.5 Å². The molecule has 2 amide bonds. The zero-order chi connectivity index (χ0) is 30.0. The number of nitrogens with one attached hydrogen (secondary N) is 1. The van der Waals surface area contributed by atoms with Crippen LogP contribution in [0.15, 0.2) is 88.3 Å². The van der Waals surface area contributed by atoms with Crippen molar-refractivity contribution in [2.45, 2.75) is 29.3 Å². The lowest BCUT2D eigenvalue weighted by atomic mass is 10.0. The Hall–Kier alpha value is -3.51. The summed E-state index contributed by atoms with van der Waals surface area (Å²) in [6.07, 6.45) is 0.0570. The second-order valence-electron chi connectivity index (χ2n) is 9.39. The number of nitrogens with zero attached hydrogens (tertiary/aromatic N) is 1. The highest BCUT2D eigenvalue weighted by molar-refractivity contribution is 8.02. The van der Waals surface area contributed by atoms with Gasteiger partial charge in [0, 0.05) is 10.8 Å². The second kappa shape index (κ2) is 12.4. The Labute approximate surface area is 256 Å². The molecule has 0 aliphatic carbocycles. The van der Waals surface area contributed by atoms with Crippen LogP contribution < -0.4 is 10.1 Å². The van der Waals surface area contributed by atoms with Crippen LogP contribution in [0, 0.1) is 0 Å². The van der Waals surface area contributed by atoms with Gasteiger partial charge in [-0.25, -0.2) is 13.2 Å². The summed E-state index contributed by atoms with van der Waals surface area (Å²) >= 11 is 13.4. The third-order valence-electron chi connectivity index (χ3n) is 6.69. The molecule has 2 atom stereocenters. The lowest BCUT2D eigenvalue weighted by Crippen LogP contribution is -2.70. The number of methoxy groups -OCH3 is 1. The Morgan fingerprint density at radius 2 is 1.74 bits per heavy atom. The number of carbonyl (C=O) groups excluding carboxylic acids is 3. The van der Waals surface area contributed by atoms with Gasteiger partial charge in [-0.1, -0.05) is 65.7 Å². The fourth-order valence-corrected chi connectivity index (χ4v) is 8.53. The lowest BCUT2D eigenvalue weighted by molar-refractivity contribution is -0.153. The van der Waals surface area contributed by atoms with Crippen LogP contribution in [0.1, 0.15) is 11.1 Å². The number of carbonyl (C=O) groups is 3. The Bertz CT molecular complexity index is 1680. The number of ether oxygens (including phenoxy) is 2. The van der Waals surface area contributed by atoms with E-state index in [0.29, 0.717) is 11.3 Å². The van der Waals surface area contributed by atoms with Crippen molar-refractivity contribution in [1.29, 1.82) is 0 Å². The maximum atomic E-state index is 13.8. The second-order valence-corrected chi connectivity index (χ2v) is 13.3. The third-order valence-corrected chi connectivity index (χ3v) is 10.7. The molecule has 3 aromatic carbocycles. The molecule has 5 rings (SSSR count). The molecule has 1 fully saturated rings. The van der Waals surface area contributed by atoms with Crippen molar-refractivity contribution in [2.24, 2.45) is 0 Å². The summed E-state index contributed by atoms with van der Waals surface area (Å²) < 4.78 is 38.3. The SMILES string of the molecule is COc1ccc(COC(=O)C2=C(S(=O)(=O)c3cc(Cl)ccc3Cl)CSC3[C@H](NC(=O)Cc4ccccc4)C(=O)N23)cc1. The molecule has 1 saturated heterocycles. The number of hydrogen-bond acceptors (Lipinski definition) is 8. The minimum absolute atomic E-state index is 0.0570. The number of esters is 1. The minimum atomic E-state index is -4.38. The summed E-state index contributed by atoms with van der Waals surface area (Å²) in [5.74, 6) is -1.57. The van der Waals surface area contributed by atoms with Gasteiger partial charge in [0.05, 0.1) is 28.4 Å². The average Bonchev–Trinajstić information content (AvgIpc) is 2.99. The highest BCUT2D eigenvalue weighted by Gasteiger charge is 2.56. The van der Waals surface area contributed by atoms with Crippen molar-refractivity contribution in [3.8, 4) is 5.75 Å². The molecule has 2 aliphatic rings. The van der Waals surface area contributed by atoms with Crippen LogP contribution in [0.4, 0.5) is 0 Å². The lowest BCUT2D eigenvalue weighted by Gasteiger charge is -2.49. The smallest absolute Gasteiger partial charge is 0.356 e. The monoisotopic (exact) mass is 646 g/mol. The highest BCUT2D eigenvalue weighted by atomic mass is 35.5. The van der Waals surface area contributed by atoms with Crippen LogP contribution in [0.2, 0.25) is 10.0 Å². The third kappa shape index (κ3) is 6.00. The molecule has 1 unspecified atom stereocenters. The molecule has 9 nitrogen and oxygen atoms in total. The van der Waals surface area contributed by atoms with Gasteiger partial charge in [0.25, 0.3) is 5.91 Å². The number of halogens is 2. The van der Waals surface area contributed by atoms with Gasteiger partial charge in [-0.3, -0.25) is 14.5 Å². The molecule has 0 spiro atoms. The first kappa shape index (κ1) is 30.0. The summed E-state index contributed by atoms with van der Waals surface area (Å²) in [5, 5.41) is 2.04. The number of fused-ring (bicyclic) bond motifs is 1. The van der Waals surface area contributed by atoms with Crippen molar-refractivity contribution in [1.82, 2.24) is 10.2 Å². The van der Waals surface area contributed by atoms with E-state index in [9.17, 15) is 22.8 Å². The quantitative estimate of drug-likeness (QED) is 0.269. The van der Waals surface area contributed by atoms with Crippen LogP contribution in [0.3, 0.4) is 0 Å². The molecule has 0 aromatic heterocycles. The summed E-state index contributed by atoms with van der Waals surface area (Å²) in [5.41, 5.74) is 0.973. The molecular formula is C29H24Cl2N2O7S2. The van der Waals surface area contributed by atoms with Crippen molar-refractivity contribution < 1.29 is 32.3 Å². The first-order valence-corrected chi connectivity index (χ1v) is 15.9. The van der Waals surface area contributed by atoms with E-state index in [1.54, 1.807) is 48.5 Å². The Kier molecular flexibility index (Phi) is 8.84. The summed E-state index contributed by atoms with van der Waals surface area (Å²) in [6.45, 7) is -0.186. The molecule has 42 heavy (non-hydrogen) atoms. The van der Waals surface area contributed by atoms with Gasteiger partial charge >= 0.3 is 5.97 Å². The largest absolute Gasteiger partial charge is 0.497 e. The maximum absolute atomic E-state index is 13.8. The number of hydrogen-bond donors (Lipinski definition) is 1. The molecule has 2 aliphatic heterocycles. The number of benzene rings is 3. The average molecular weight is 648 g/mol. The summed E-state index contributed by atoms with van der Waals surface area (Å²) in [7, 11) is -2.86. The molecule has 13 heteroatoms. The van der Waals surface area contributed by atoms with Crippen molar-refractivity contribution in [2.75, 3.05) is 12.9 Å². The standard InChI is InChI=1S/C29H24Cl2N2O7S2/c1-39-20-10-7-18(8-11-20)15-40-29(36)26-23(42(37,38)22-14-19(30)9-12-21(22)31)16-41-28-25(27(35)33(26)28)32-24(34)13-17-5-3-2-4-6-17/h2-12,14,25,28H,13,15-16H2,1H3,(H,32,34)/t25-,28?/m1/s1. The number of β-lactam (4-membered cyclic amide) rings is 1. The van der Waals surface area contributed by atoms with Crippen LogP contribution >= 0.6 is 35.0 Å². The molecule has 218 valence electrons. The maximum Gasteiger partial charge on any atom is 0.356 e. The predicted molar refractivity (Wildman–Crippen MR) is 159 cm³/mol. The van der Waals surface area contributed by atoms with E-state index < -0.39 is 38.8 Å². The van der Waals surface area contributed by atoms with Gasteiger partial charge in [-0.15, -0.1) is 11.8 Å². The van der Waals surface area contributed by atoms with E-state index in [4.69, 9.17) is 32.7 Å². The predicted octanol–water partition coefficient (Wildman–Crippen LogP) is 4.37. The van der Waals surface area contributed by atoms with Crippen LogP contribution in [0.5, 0.6) is 5.75 Å². The fraction of sp³-hybridized carbons (Fsp3) is 0.207. The van der Waals surface area contributed by atoms with Crippen molar-refractivity contribution in [3.63, 3.8) is 0 Å². The van der Waals surface area contributed by atoms with Crippen molar-refractivity contribution in [3.05, 3.63) is 105 Å². The van der Waals surface area contributed by atoms with Gasteiger partial charge in [-0.05, 0) is 41.5 Å². The topological polar surface area (TPSA) is 119 Å². The van der Waals surface area contributed by atoms with Crippen LogP contribution in [0.25, 0.3) is 0 Å². The van der Waals surface area contributed by atoms with Crippen molar-refractivity contribution >= 4 is 62.6 Å². The number of thioether (sulfide) groups is 1. The zero-order valence-electron chi connectivity index (χ0n) is 22.1. The zero-order valence-corrected chi connectivity index (χ0v) is 25.2. The molecule has 1 N–H and O–H groups in total. The highest BCUT2D eigenvalue weighted by Crippen LogP contribution is 2.44. The van der Waals surface area contributed by atoms with E-state index in [-0.39, 0.29) is 44.5 Å². The number of sulfone groups is 1. The fourth-order valence-electron chi connectivity index (χ4n) is 4.55. The van der Waals surface area contributed by atoms with E-state index in [1.165, 1.54) is 25.3 Å². The first-order valence-electron chi connectivity index (χ1n) is 12.6. The molecule has 0 radical (unpaired) electrons. The first-order chi connectivity index (χ1) is 20.1. The normalized spacial score (nSPS) is 18.2. The number of amides is 2. The van der Waals surface area contributed by atoms with E-state index in [2.05, 4.69) is 5.32 Å². The summed E-state index contributed by atoms with van der Waals surface area (Å²) in [6, 6.07) is 18.8. The van der Waals surface area contributed by atoms with Crippen LogP contribution in [-0.2, 0) is 42.0 Å². The van der Waals surface area contributed by atoms with E-state index in [1.807, 2.05) is 6.07 Å². The Balaban J connectivity index is 1.44. The van der Waals surface area contributed by atoms with Crippen LogP contribution in [-0.4, -0.2) is 55.4 Å². The van der Waals surface area contributed by atoms with Gasteiger partial charge in [0.2, 0.25) is 15.7 Å². The van der Waals surface area contributed by atoms with Gasteiger partial charge in [0.15, 0.2) is 0 Å². The number of rotatable bonds is 9. The van der Waals surface area contributed by atoms with Gasteiger partial charge in [-0.2, -0.15) is 0 Å². The molecular weight excluding hydrogens is 623 g/mol. The van der Waals surface area contributed by atoms with E-state index >= 15 is 0 Å². The molecule has 0 saturated carbocycles. The summed E-state index contributed by atoms with van der Waals surface area (Å²) in [4.78, 5) is 40.0. The molecule has 3 aromatic rings. The minimum Gasteiger partial charge on any atom is -0.497 e.